The normalized spacial score (nSPS) is 12.8. The predicted octanol–water partition coefficient (Wildman–Crippen LogP) is 5.84. The quantitative estimate of drug-likeness (QED) is 0.195. The summed E-state index contributed by atoms with van der Waals surface area (Å²) < 4.78 is 0.968. The molecule has 3 nitrogen and oxygen atoms in total. The second-order valence-electron chi connectivity index (χ2n) is 8.89. The van der Waals surface area contributed by atoms with E-state index in [2.05, 4.69) is 39.8 Å². The van der Waals surface area contributed by atoms with E-state index in [1.165, 1.54) is 83.6 Å². The van der Waals surface area contributed by atoms with E-state index in [0.717, 1.165) is 11.0 Å². The molecule has 1 N–H and O–H groups in total. The van der Waals surface area contributed by atoms with E-state index in [1.54, 1.807) is 6.92 Å². The van der Waals surface area contributed by atoms with Crippen LogP contribution < -0.4 is 5.32 Å². The molecule has 26 heavy (non-hydrogen) atoms. The Morgan fingerprint density at radius 1 is 0.885 bits per heavy atom. The summed E-state index contributed by atoms with van der Waals surface area (Å²) in [6.45, 7) is 12.0. The maximum absolute atomic E-state index is 11.7. The second-order valence-corrected chi connectivity index (χ2v) is 8.89. The Labute approximate surface area is 164 Å². The Hall–Kier alpha value is -0.830. The molecule has 0 aromatic carbocycles. The van der Waals surface area contributed by atoms with Gasteiger partial charge in [0.1, 0.15) is 0 Å². The topological polar surface area (TPSA) is 29.1 Å². The van der Waals surface area contributed by atoms with E-state index in [4.69, 9.17) is 0 Å². The van der Waals surface area contributed by atoms with Crippen molar-refractivity contribution in [2.45, 2.75) is 104 Å². The minimum Gasteiger partial charge on any atom is -0.344 e. The van der Waals surface area contributed by atoms with E-state index in [1.807, 2.05) is 0 Å². The van der Waals surface area contributed by atoms with Gasteiger partial charge in [0.2, 0.25) is 5.91 Å². The lowest BCUT2D eigenvalue weighted by Crippen LogP contribution is -2.50. The summed E-state index contributed by atoms with van der Waals surface area (Å²) in [5.41, 5.74) is 0.586. The van der Waals surface area contributed by atoms with Crippen molar-refractivity contribution in [2.24, 2.45) is 0 Å². The van der Waals surface area contributed by atoms with Crippen molar-refractivity contribution < 1.29 is 9.28 Å². The summed E-state index contributed by atoms with van der Waals surface area (Å²) in [6, 6.07) is 0.187. The number of unbranched alkanes of at least 4 members (excludes halogenated alkanes) is 11. The van der Waals surface area contributed by atoms with Gasteiger partial charge in [0, 0.05) is 5.57 Å². The zero-order valence-electron chi connectivity index (χ0n) is 18.5. The van der Waals surface area contributed by atoms with Crippen molar-refractivity contribution in [1.29, 1.82) is 0 Å². The highest BCUT2D eigenvalue weighted by Crippen LogP contribution is 2.13. The maximum atomic E-state index is 11.7. The number of rotatable bonds is 17. The van der Waals surface area contributed by atoms with Gasteiger partial charge in [-0.3, -0.25) is 4.79 Å². The van der Waals surface area contributed by atoms with Gasteiger partial charge in [-0.2, -0.15) is 0 Å². The van der Waals surface area contributed by atoms with Crippen LogP contribution in [-0.4, -0.2) is 43.6 Å². The first-order valence-corrected chi connectivity index (χ1v) is 11.1. The van der Waals surface area contributed by atoms with Gasteiger partial charge in [0.25, 0.3) is 0 Å². The molecule has 0 heterocycles. The van der Waals surface area contributed by atoms with Crippen LogP contribution in [0.5, 0.6) is 0 Å². The van der Waals surface area contributed by atoms with Crippen LogP contribution in [0.15, 0.2) is 12.2 Å². The first-order valence-electron chi connectivity index (χ1n) is 11.1. The fourth-order valence-electron chi connectivity index (χ4n) is 3.61. The van der Waals surface area contributed by atoms with Gasteiger partial charge < -0.3 is 9.80 Å². The van der Waals surface area contributed by atoms with E-state index < -0.39 is 0 Å². The molecule has 0 rings (SSSR count). The van der Waals surface area contributed by atoms with Crippen molar-refractivity contribution in [3.05, 3.63) is 12.2 Å². The maximum Gasteiger partial charge on any atom is 0.246 e. The van der Waals surface area contributed by atoms with Gasteiger partial charge in [-0.25, -0.2) is 0 Å². The minimum atomic E-state index is -0.0251. The second kappa shape index (κ2) is 15.2. The lowest BCUT2D eigenvalue weighted by atomic mass is 10.1. The Bertz CT molecular complexity index is 376. The van der Waals surface area contributed by atoms with Gasteiger partial charge in [-0.1, -0.05) is 77.7 Å². The fourth-order valence-corrected chi connectivity index (χ4v) is 3.61. The van der Waals surface area contributed by atoms with Gasteiger partial charge in [-0.15, -0.1) is 0 Å². The molecule has 154 valence electrons. The molecule has 0 saturated heterocycles. The zero-order chi connectivity index (χ0) is 19.8. The third kappa shape index (κ3) is 15.4. The van der Waals surface area contributed by atoms with Crippen molar-refractivity contribution >= 4 is 5.91 Å². The highest BCUT2D eigenvalue weighted by Gasteiger charge is 2.20. The molecule has 0 radical (unpaired) electrons. The first kappa shape index (κ1) is 25.2. The minimum absolute atomic E-state index is 0.0251. The van der Waals surface area contributed by atoms with E-state index >= 15 is 0 Å². The Balaban J connectivity index is 3.58. The van der Waals surface area contributed by atoms with Crippen molar-refractivity contribution in [1.82, 2.24) is 5.32 Å². The number of amides is 1. The molecule has 0 fully saturated rings. The Morgan fingerprint density at radius 2 is 1.31 bits per heavy atom. The number of carbonyl (C=O) groups excluding carboxylic acids is 1. The van der Waals surface area contributed by atoms with Crippen LogP contribution in [0.3, 0.4) is 0 Å². The molecule has 0 aliphatic carbocycles. The first-order chi connectivity index (χ1) is 12.3. The van der Waals surface area contributed by atoms with Gasteiger partial charge in [0.05, 0.1) is 33.2 Å². The number of nitrogens with zero attached hydrogens (tertiary/aromatic N) is 1. The largest absolute Gasteiger partial charge is 0.344 e. The van der Waals surface area contributed by atoms with E-state index in [-0.39, 0.29) is 11.9 Å². The summed E-state index contributed by atoms with van der Waals surface area (Å²) in [5.74, 6) is -0.0251. The van der Waals surface area contributed by atoms with Crippen molar-refractivity contribution in [3.8, 4) is 0 Å². The van der Waals surface area contributed by atoms with Crippen LogP contribution in [0.1, 0.15) is 97.8 Å². The highest BCUT2D eigenvalue weighted by atomic mass is 16.1. The summed E-state index contributed by atoms with van der Waals surface area (Å²) >= 11 is 0. The number of nitrogens with one attached hydrogen (secondary N) is 1. The van der Waals surface area contributed by atoms with E-state index in [0.29, 0.717) is 5.57 Å². The van der Waals surface area contributed by atoms with Crippen LogP contribution in [-0.2, 0) is 4.79 Å². The zero-order valence-corrected chi connectivity index (χ0v) is 18.5. The summed E-state index contributed by atoms with van der Waals surface area (Å²) in [5, 5.41) is 3.03. The van der Waals surface area contributed by atoms with Crippen LogP contribution in [0, 0.1) is 0 Å². The molecular weight excluding hydrogens is 320 g/mol. The van der Waals surface area contributed by atoms with Crippen LogP contribution in [0.25, 0.3) is 0 Å². The molecule has 0 aromatic rings. The molecule has 0 spiro atoms. The average molecular weight is 368 g/mol. The molecule has 3 heteroatoms. The molecule has 0 aliphatic rings. The molecule has 0 aliphatic heterocycles. The third-order valence-corrected chi connectivity index (χ3v) is 5.15. The van der Waals surface area contributed by atoms with Crippen LogP contribution in [0.4, 0.5) is 0 Å². The number of hydrogen-bond acceptors (Lipinski definition) is 1. The third-order valence-electron chi connectivity index (χ3n) is 5.15. The Kier molecular flexibility index (Phi) is 14.8. The van der Waals surface area contributed by atoms with Gasteiger partial charge in [0.15, 0.2) is 0 Å². The lowest BCUT2D eigenvalue weighted by Gasteiger charge is -2.32. The molecule has 0 aromatic heterocycles. The van der Waals surface area contributed by atoms with Crippen molar-refractivity contribution in [3.63, 3.8) is 0 Å². The van der Waals surface area contributed by atoms with Crippen LogP contribution in [0.2, 0.25) is 0 Å². The molecular formula is C23H47N2O+. The molecule has 1 amide bonds. The fraction of sp³-hybridized carbons (Fsp3) is 0.870. The number of quaternary nitrogens is 1. The average Bonchev–Trinajstić information content (AvgIpc) is 2.55. The molecule has 0 bridgehead atoms. The van der Waals surface area contributed by atoms with E-state index in [9.17, 15) is 4.79 Å². The number of hydrogen-bond donors (Lipinski definition) is 1. The Morgan fingerprint density at radius 3 is 1.73 bits per heavy atom. The van der Waals surface area contributed by atoms with Crippen molar-refractivity contribution in [2.75, 3.05) is 27.2 Å². The SMILES string of the molecule is C=C(C)C(=O)NC(C)C[N+](C)(C)CCCCCCCCCCCCCC. The summed E-state index contributed by atoms with van der Waals surface area (Å²) in [7, 11) is 4.53. The standard InChI is InChI=1S/C23H46N2O/c1-7-8-9-10-11-12-13-14-15-16-17-18-19-25(5,6)20-22(4)24-23(26)21(2)3/h22H,2,7-20H2,1,3-6H3/p+1. The molecule has 1 unspecified atom stereocenters. The number of likely N-dealkylation sites (N-methyl/N-ethyl adjacent to an activating group) is 1. The van der Waals surface area contributed by atoms with Crippen LogP contribution >= 0.6 is 0 Å². The summed E-state index contributed by atoms with van der Waals surface area (Å²) in [6.07, 6.45) is 16.7. The molecule has 0 saturated carbocycles. The predicted molar refractivity (Wildman–Crippen MR) is 115 cm³/mol. The molecule has 1 atom stereocenters. The smallest absolute Gasteiger partial charge is 0.246 e. The highest BCUT2D eigenvalue weighted by molar-refractivity contribution is 5.92. The van der Waals surface area contributed by atoms with Gasteiger partial charge >= 0.3 is 0 Å². The summed E-state index contributed by atoms with van der Waals surface area (Å²) in [4.78, 5) is 11.7. The van der Waals surface area contributed by atoms with Gasteiger partial charge in [-0.05, 0) is 26.7 Å². The lowest BCUT2D eigenvalue weighted by molar-refractivity contribution is -0.891. The monoisotopic (exact) mass is 367 g/mol. The number of carbonyl (C=O) groups is 1.